The maximum absolute atomic E-state index is 13.0. The maximum atomic E-state index is 13.0. The number of nitrogens with two attached hydrogens (primary N) is 1. The topological polar surface area (TPSA) is 107 Å². The monoisotopic (exact) mass is 398 g/mol. The molecule has 1 unspecified atom stereocenters. The van der Waals surface area contributed by atoms with Gasteiger partial charge in [0.15, 0.2) is 9.84 Å². The quantitative estimate of drug-likeness (QED) is 0.793. The molecule has 138 valence electrons. The molecule has 0 amide bonds. The van der Waals surface area contributed by atoms with Gasteiger partial charge in [-0.3, -0.25) is 0 Å². The van der Waals surface area contributed by atoms with E-state index >= 15 is 0 Å². The van der Waals surface area contributed by atoms with Gasteiger partial charge < -0.3 is 10.5 Å². The van der Waals surface area contributed by atoms with E-state index in [1.54, 1.807) is 0 Å². The van der Waals surface area contributed by atoms with Gasteiger partial charge in [0, 0.05) is 25.4 Å². The lowest BCUT2D eigenvalue weighted by Crippen LogP contribution is -2.47. The number of rotatable bonds is 5. The first-order valence-electron chi connectivity index (χ1n) is 7.32. The molecule has 0 spiro atoms. The van der Waals surface area contributed by atoms with Crippen LogP contribution in [0.5, 0.6) is 5.75 Å². The number of nitrogens with zero attached hydrogens (tertiary/aromatic N) is 1. The van der Waals surface area contributed by atoms with Crippen LogP contribution in [0, 0.1) is 0 Å². The van der Waals surface area contributed by atoms with Gasteiger partial charge in [-0.25, -0.2) is 16.8 Å². The van der Waals surface area contributed by atoms with Crippen LogP contribution in [0.1, 0.15) is 19.3 Å². The summed E-state index contributed by atoms with van der Waals surface area (Å²) in [6, 6.07) is 3.58. The molecule has 1 saturated heterocycles. The Balaban J connectivity index is 0.00000288. The Hall–Kier alpha value is -0.870. The average molecular weight is 399 g/mol. The molecule has 0 aromatic heterocycles. The standard InChI is InChI=1S/C14H22N2O5S2.ClH/c1-21-13-7-6-12(22(2,17)18)9-14(13)23(19,20)16-8-4-3-5-11(16)10-15;/h6-7,9,11H,3-5,8,10,15H2,1-2H3;1H. The highest BCUT2D eigenvalue weighted by atomic mass is 35.5. The van der Waals surface area contributed by atoms with Crippen LogP contribution >= 0.6 is 12.4 Å². The Morgan fingerprint density at radius 2 is 1.92 bits per heavy atom. The zero-order chi connectivity index (χ0) is 17.3. The summed E-state index contributed by atoms with van der Waals surface area (Å²) in [4.78, 5) is -0.193. The largest absolute Gasteiger partial charge is 0.495 e. The number of hydrogen-bond acceptors (Lipinski definition) is 6. The first kappa shape index (κ1) is 21.2. The van der Waals surface area contributed by atoms with Crippen molar-refractivity contribution in [1.82, 2.24) is 4.31 Å². The highest BCUT2D eigenvalue weighted by Crippen LogP contribution is 2.32. The van der Waals surface area contributed by atoms with E-state index < -0.39 is 19.9 Å². The van der Waals surface area contributed by atoms with Crippen molar-refractivity contribution < 1.29 is 21.6 Å². The zero-order valence-electron chi connectivity index (χ0n) is 13.6. The minimum Gasteiger partial charge on any atom is -0.495 e. The van der Waals surface area contributed by atoms with Gasteiger partial charge >= 0.3 is 0 Å². The number of benzene rings is 1. The summed E-state index contributed by atoms with van der Waals surface area (Å²) in [6.45, 7) is 0.601. The Morgan fingerprint density at radius 1 is 1.25 bits per heavy atom. The predicted molar refractivity (Wildman–Crippen MR) is 93.9 cm³/mol. The lowest BCUT2D eigenvalue weighted by atomic mass is 10.1. The molecule has 0 saturated carbocycles. The molecule has 2 rings (SSSR count). The predicted octanol–water partition coefficient (Wildman–Crippen LogP) is 1.02. The van der Waals surface area contributed by atoms with Crippen LogP contribution in [-0.4, -0.2) is 53.6 Å². The Kier molecular flexibility index (Phi) is 7.06. The normalized spacial score (nSPS) is 19.5. The van der Waals surface area contributed by atoms with Crippen molar-refractivity contribution in [3.63, 3.8) is 0 Å². The second-order valence-electron chi connectivity index (χ2n) is 5.59. The fraction of sp³-hybridized carbons (Fsp3) is 0.571. The number of halogens is 1. The Morgan fingerprint density at radius 3 is 2.46 bits per heavy atom. The fourth-order valence-electron chi connectivity index (χ4n) is 2.74. The molecule has 1 atom stereocenters. The minimum absolute atomic E-state index is 0. The molecular formula is C14H23ClN2O5S2. The van der Waals surface area contributed by atoms with Gasteiger partial charge in [-0.15, -0.1) is 12.4 Å². The van der Waals surface area contributed by atoms with E-state index in [0.717, 1.165) is 25.2 Å². The van der Waals surface area contributed by atoms with Gasteiger partial charge in [0.25, 0.3) is 0 Å². The third kappa shape index (κ3) is 4.20. The summed E-state index contributed by atoms with van der Waals surface area (Å²) in [5.41, 5.74) is 5.70. The van der Waals surface area contributed by atoms with Crippen molar-refractivity contribution in [3.05, 3.63) is 18.2 Å². The second kappa shape index (κ2) is 8.01. The van der Waals surface area contributed by atoms with Crippen LogP contribution in [-0.2, 0) is 19.9 Å². The van der Waals surface area contributed by atoms with Gasteiger partial charge in [0.05, 0.1) is 12.0 Å². The van der Waals surface area contributed by atoms with Crippen molar-refractivity contribution in [2.75, 3.05) is 26.5 Å². The van der Waals surface area contributed by atoms with Gasteiger partial charge in [0.1, 0.15) is 10.6 Å². The fourth-order valence-corrected chi connectivity index (χ4v) is 5.35. The number of methoxy groups -OCH3 is 1. The van der Waals surface area contributed by atoms with E-state index in [9.17, 15) is 16.8 Å². The highest BCUT2D eigenvalue weighted by Gasteiger charge is 2.35. The number of ether oxygens (including phenoxy) is 1. The molecule has 2 N–H and O–H groups in total. The zero-order valence-corrected chi connectivity index (χ0v) is 16.1. The lowest BCUT2D eigenvalue weighted by molar-refractivity contribution is 0.256. The van der Waals surface area contributed by atoms with Crippen molar-refractivity contribution in [3.8, 4) is 5.75 Å². The van der Waals surface area contributed by atoms with Crippen molar-refractivity contribution in [2.45, 2.75) is 35.1 Å². The molecule has 1 aromatic rings. The number of sulfone groups is 1. The summed E-state index contributed by atoms with van der Waals surface area (Å²) in [6.07, 6.45) is 3.41. The lowest BCUT2D eigenvalue weighted by Gasteiger charge is -2.34. The third-order valence-electron chi connectivity index (χ3n) is 4.00. The highest BCUT2D eigenvalue weighted by molar-refractivity contribution is 7.91. The van der Waals surface area contributed by atoms with Crippen LogP contribution in [0.4, 0.5) is 0 Å². The van der Waals surface area contributed by atoms with Crippen molar-refractivity contribution in [2.24, 2.45) is 5.73 Å². The van der Waals surface area contributed by atoms with E-state index in [0.29, 0.717) is 13.0 Å². The molecule has 1 aliphatic rings. The summed E-state index contributed by atoms with van der Waals surface area (Å²) in [5, 5.41) is 0. The van der Waals surface area contributed by atoms with Gasteiger partial charge in [0.2, 0.25) is 10.0 Å². The van der Waals surface area contributed by atoms with Crippen molar-refractivity contribution in [1.29, 1.82) is 0 Å². The van der Waals surface area contributed by atoms with Crippen LogP contribution < -0.4 is 10.5 Å². The molecule has 0 radical (unpaired) electrons. The Bertz CT molecular complexity index is 780. The first-order valence-corrected chi connectivity index (χ1v) is 10.6. The average Bonchev–Trinajstić information content (AvgIpc) is 2.53. The van der Waals surface area contributed by atoms with E-state index in [2.05, 4.69) is 0 Å². The summed E-state index contributed by atoms with van der Waals surface area (Å²) >= 11 is 0. The summed E-state index contributed by atoms with van der Waals surface area (Å²) < 4.78 is 56.0. The van der Waals surface area contributed by atoms with E-state index in [1.165, 1.54) is 23.5 Å². The molecule has 7 nitrogen and oxygen atoms in total. The first-order chi connectivity index (χ1) is 10.7. The van der Waals surface area contributed by atoms with Gasteiger partial charge in [-0.2, -0.15) is 4.31 Å². The molecule has 0 bridgehead atoms. The van der Waals surface area contributed by atoms with Crippen LogP contribution in [0.15, 0.2) is 28.0 Å². The molecular weight excluding hydrogens is 376 g/mol. The SMILES string of the molecule is COc1ccc(S(C)(=O)=O)cc1S(=O)(=O)N1CCCCC1CN.Cl. The van der Waals surface area contributed by atoms with Crippen LogP contribution in [0.3, 0.4) is 0 Å². The molecule has 1 heterocycles. The molecule has 10 heteroatoms. The molecule has 24 heavy (non-hydrogen) atoms. The van der Waals surface area contributed by atoms with Gasteiger partial charge in [-0.1, -0.05) is 6.42 Å². The maximum Gasteiger partial charge on any atom is 0.247 e. The van der Waals surface area contributed by atoms with E-state index in [1.807, 2.05) is 0 Å². The second-order valence-corrected chi connectivity index (χ2v) is 9.46. The van der Waals surface area contributed by atoms with E-state index in [4.69, 9.17) is 10.5 Å². The third-order valence-corrected chi connectivity index (χ3v) is 7.08. The Labute approximate surface area is 149 Å². The molecule has 0 aliphatic carbocycles. The van der Waals surface area contributed by atoms with Crippen LogP contribution in [0.2, 0.25) is 0 Å². The molecule has 1 aromatic carbocycles. The summed E-state index contributed by atoms with van der Waals surface area (Å²) in [7, 11) is -6.06. The van der Waals surface area contributed by atoms with E-state index in [-0.39, 0.29) is 40.5 Å². The van der Waals surface area contributed by atoms with Gasteiger partial charge in [-0.05, 0) is 31.0 Å². The van der Waals surface area contributed by atoms with Crippen LogP contribution in [0.25, 0.3) is 0 Å². The number of hydrogen-bond donors (Lipinski definition) is 1. The number of piperidine rings is 1. The minimum atomic E-state index is -3.88. The molecule has 1 fully saturated rings. The number of sulfonamides is 1. The molecule has 1 aliphatic heterocycles. The smallest absolute Gasteiger partial charge is 0.247 e. The van der Waals surface area contributed by atoms with Crippen molar-refractivity contribution >= 4 is 32.3 Å². The summed E-state index contributed by atoms with van der Waals surface area (Å²) in [5.74, 6) is 0.124.